The highest BCUT2D eigenvalue weighted by molar-refractivity contribution is 7.17. The second-order valence-electron chi connectivity index (χ2n) is 3.85. The molecule has 4 heteroatoms. The number of hydrogen-bond donors (Lipinski definition) is 0. The lowest BCUT2D eigenvalue weighted by atomic mass is 10.2. The summed E-state index contributed by atoms with van der Waals surface area (Å²) in [6.07, 6.45) is 3.88. The molecule has 0 atom stereocenters. The molecule has 0 fully saturated rings. The van der Waals surface area contributed by atoms with Gasteiger partial charge in [0.2, 0.25) is 0 Å². The summed E-state index contributed by atoms with van der Waals surface area (Å²) in [6, 6.07) is 4.23. The number of rotatable bonds is 1. The molecule has 0 aliphatic rings. The number of thiazole rings is 1. The van der Waals surface area contributed by atoms with Crippen LogP contribution < -0.4 is 0 Å². The fraction of sp³-hybridized carbons (Fsp3) is 0.167. The molecule has 2 aromatic heterocycles. The first-order valence-corrected chi connectivity index (χ1v) is 5.97. The molecule has 1 aromatic carbocycles. The van der Waals surface area contributed by atoms with Gasteiger partial charge in [-0.1, -0.05) is 6.07 Å². The number of benzene rings is 1. The zero-order chi connectivity index (χ0) is 11.1. The number of aromatic nitrogens is 3. The summed E-state index contributed by atoms with van der Waals surface area (Å²) >= 11 is 1.67. The van der Waals surface area contributed by atoms with Crippen LogP contribution in [0.25, 0.3) is 15.9 Å². The second kappa shape index (κ2) is 3.42. The van der Waals surface area contributed by atoms with E-state index >= 15 is 0 Å². The smallest absolute Gasteiger partial charge is 0.0995 e. The highest BCUT2D eigenvalue weighted by Gasteiger charge is 2.07. The Balaban J connectivity index is 2.32. The van der Waals surface area contributed by atoms with Crippen molar-refractivity contribution in [3.05, 3.63) is 41.4 Å². The first-order valence-electron chi connectivity index (χ1n) is 5.09. The number of imidazole rings is 1. The number of hydrogen-bond acceptors (Lipinski definition) is 3. The molecule has 0 saturated heterocycles. The Labute approximate surface area is 97.4 Å². The van der Waals surface area contributed by atoms with Gasteiger partial charge in [-0.25, -0.2) is 9.97 Å². The van der Waals surface area contributed by atoms with Crippen LogP contribution in [0, 0.1) is 13.8 Å². The summed E-state index contributed by atoms with van der Waals surface area (Å²) in [5.74, 6) is 0. The van der Waals surface area contributed by atoms with Gasteiger partial charge in [0.05, 0.1) is 33.4 Å². The minimum absolute atomic E-state index is 1.03. The molecule has 3 aromatic rings. The fourth-order valence-corrected chi connectivity index (χ4v) is 2.71. The fourth-order valence-electron chi connectivity index (χ4n) is 1.82. The quantitative estimate of drug-likeness (QED) is 0.642. The van der Waals surface area contributed by atoms with Gasteiger partial charge in [0.15, 0.2) is 0 Å². The standard InChI is InChI=1S/C12H11N3S/c1-8-3-4-10(12-11(8)14-7-16-12)15-5-9(2)13-6-15/h3-7H,1-2H3. The lowest BCUT2D eigenvalue weighted by Crippen LogP contribution is -1.91. The maximum Gasteiger partial charge on any atom is 0.0995 e. The van der Waals surface area contributed by atoms with Crippen LogP contribution in [0.1, 0.15) is 11.3 Å². The maximum absolute atomic E-state index is 4.40. The Bertz CT molecular complexity index is 651. The van der Waals surface area contributed by atoms with E-state index in [1.54, 1.807) is 11.3 Å². The van der Waals surface area contributed by atoms with Gasteiger partial charge in [0.25, 0.3) is 0 Å². The van der Waals surface area contributed by atoms with E-state index in [2.05, 4.69) is 33.6 Å². The van der Waals surface area contributed by atoms with Crippen LogP contribution in [-0.2, 0) is 0 Å². The Morgan fingerprint density at radius 2 is 2.06 bits per heavy atom. The molecule has 0 unspecified atom stereocenters. The molecule has 0 amide bonds. The third-order valence-corrected chi connectivity index (χ3v) is 3.50. The van der Waals surface area contributed by atoms with Crippen molar-refractivity contribution in [1.29, 1.82) is 0 Å². The molecule has 0 radical (unpaired) electrons. The number of fused-ring (bicyclic) bond motifs is 1. The monoisotopic (exact) mass is 229 g/mol. The summed E-state index contributed by atoms with van der Waals surface area (Å²) in [5, 5.41) is 0. The van der Waals surface area contributed by atoms with Crippen LogP contribution in [0.4, 0.5) is 0 Å². The molecule has 3 nitrogen and oxygen atoms in total. The summed E-state index contributed by atoms with van der Waals surface area (Å²) in [7, 11) is 0. The zero-order valence-electron chi connectivity index (χ0n) is 9.14. The molecule has 0 spiro atoms. The molecule has 80 valence electrons. The number of aryl methyl sites for hydroxylation is 2. The third-order valence-electron chi connectivity index (χ3n) is 2.65. The van der Waals surface area contributed by atoms with E-state index in [4.69, 9.17) is 0 Å². The molecule has 3 rings (SSSR count). The average Bonchev–Trinajstić information content (AvgIpc) is 2.87. The Kier molecular flexibility index (Phi) is 2.04. The lowest BCUT2D eigenvalue weighted by molar-refractivity contribution is 1.07. The van der Waals surface area contributed by atoms with Gasteiger partial charge in [-0.2, -0.15) is 0 Å². The van der Waals surface area contributed by atoms with E-state index in [0.29, 0.717) is 0 Å². The Morgan fingerprint density at radius 3 is 2.81 bits per heavy atom. The molecule has 16 heavy (non-hydrogen) atoms. The molecule has 0 N–H and O–H groups in total. The van der Waals surface area contributed by atoms with Gasteiger partial charge in [0, 0.05) is 6.20 Å². The Hall–Kier alpha value is -1.68. The van der Waals surface area contributed by atoms with Crippen molar-refractivity contribution in [2.45, 2.75) is 13.8 Å². The van der Waals surface area contributed by atoms with Gasteiger partial charge >= 0.3 is 0 Å². The highest BCUT2D eigenvalue weighted by Crippen LogP contribution is 2.27. The summed E-state index contributed by atoms with van der Waals surface area (Å²) < 4.78 is 3.27. The zero-order valence-corrected chi connectivity index (χ0v) is 9.95. The van der Waals surface area contributed by atoms with Crippen molar-refractivity contribution in [2.24, 2.45) is 0 Å². The van der Waals surface area contributed by atoms with E-state index in [1.807, 2.05) is 25.0 Å². The summed E-state index contributed by atoms with van der Waals surface area (Å²) in [5.41, 5.74) is 6.39. The van der Waals surface area contributed by atoms with Gasteiger partial charge in [-0.05, 0) is 25.5 Å². The van der Waals surface area contributed by atoms with E-state index < -0.39 is 0 Å². The van der Waals surface area contributed by atoms with Gasteiger partial charge < -0.3 is 4.57 Å². The van der Waals surface area contributed by atoms with Gasteiger partial charge in [-0.3, -0.25) is 0 Å². The molecule has 0 aliphatic carbocycles. The minimum atomic E-state index is 1.03. The van der Waals surface area contributed by atoms with Crippen LogP contribution in [0.15, 0.2) is 30.2 Å². The molecule has 0 aliphatic heterocycles. The van der Waals surface area contributed by atoms with Crippen molar-refractivity contribution >= 4 is 21.6 Å². The van der Waals surface area contributed by atoms with Crippen molar-refractivity contribution in [1.82, 2.24) is 14.5 Å². The molecule has 0 saturated carbocycles. The van der Waals surface area contributed by atoms with Gasteiger partial charge in [0.1, 0.15) is 0 Å². The van der Waals surface area contributed by atoms with E-state index in [1.165, 1.54) is 10.3 Å². The number of nitrogens with zero attached hydrogens (tertiary/aromatic N) is 3. The topological polar surface area (TPSA) is 30.7 Å². The van der Waals surface area contributed by atoms with Crippen molar-refractivity contribution in [3.63, 3.8) is 0 Å². The molecular weight excluding hydrogens is 218 g/mol. The average molecular weight is 229 g/mol. The molecular formula is C12H11N3S. The van der Waals surface area contributed by atoms with E-state index in [0.717, 1.165) is 16.9 Å². The summed E-state index contributed by atoms with van der Waals surface area (Å²) in [4.78, 5) is 8.65. The van der Waals surface area contributed by atoms with Gasteiger partial charge in [-0.15, -0.1) is 11.3 Å². The van der Waals surface area contributed by atoms with Crippen LogP contribution in [0.5, 0.6) is 0 Å². The van der Waals surface area contributed by atoms with Crippen LogP contribution in [0.3, 0.4) is 0 Å². The first-order chi connectivity index (χ1) is 7.75. The SMILES string of the molecule is Cc1cn(-c2ccc(C)c3ncsc23)cn1. The van der Waals surface area contributed by atoms with E-state index in [9.17, 15) is 0 Å². The normalized spacial score (nSPS) is 11.1. The second-order valence-corrected chi connectivity index (χ2v) is 4.71. The minimum Gasteiger partial charge on any atom is -0.305 e. The largest absolute Gasteiger partial charge is 0.305 e. The molecule has 2 heterocycles. The van der Waals surface area contributed by atoms with Crippen molar-refractivity contribution < 1.29 is 0 Å². The predicted molar refractivity (Wildman–Crippen MR) is 66.2 cm³/mol. The lowest BCUT2D eigenvalue weighted by Gasteiger charge is -2.04. The molecule has 0 bridgehead atoms. The highest BCUT2D eigenvalue weighted by atomic mass is 32.1. The van der Waals surface area contributed by atoms with Crippen LogP contribution in [-0.4, -0.2) is 14.5 Å². The van der Waals surface area contributed by atoms with Crippen molar-refractivity contribution in [2.75, 3.05) is 0 Å². The van der Waals surface area contributed by atoms with E-state index in [-0.39, 0.29) is 0 Å². The maximum atomic E-state index is 4.40. The first kappa shape index (κ1) is 9.54. The van der Waals surface area contributed by atoms with Crippen LogP contribution in [0.2, 0.25) is 0 Å². The van der Waals surface area contributed by atoms with Crippen molar-refractivity contribution in [3.8, 4) is 5.69 Å². The predicted octanol–water partition coefficient (Wildman–Crippen LogP) is 3.10. The Morgan fingerprint density at radius 1 is 1.19 bits per heavy atom. The third kappa shape index (κ3) is 1.34. The van der Waals surface area contributed by atoms with Crippen LogP contribution >= 0.6 is 11.3 Å². The summed E-state index contributed by atoms with van der Waals surface area (Å²) in [6.45, 7) is 4.08.